The van der Waals surface area contributed by atoms with Gasteiger partial charge in [-0.3, -0.25) is 9.59 Å². The molecule has 0 aromatic heterocycles. The number of hydrogen-bond donors (Lipinski definition) is 2. The highest BCUT2D eigenvalue weighted by Gasteiger charge is 2.33. The van der Waals surface area contributed by atoms with Gasteiger partial charge in [-0.25, -0.2) is 0 Å². The predicted octanol–water partition coefficient (Wildman–Crippen LogP) is 2.70. The smallest absolute Gasteiger partial charge is 0.251 e. The van der Waals surface area contributed by atoms with Gasteiger partial charge in [0.2, 0.25) is 5.91 Å². The van der Waals surface area contributed by atoms with Gasteiger partial charge in [0, 0.05) is 5.56 Å². The second-order valence-corrected chi connectivity index (χ2v) is 6.57. The van der Waals surface area contributed by atoms with Gasteiger partial charge in [0.1, 0.15) is 11.5 Å². The van der Waals surface area contributed by atoms with Crippen molar-refractivity contribution in [1.82, 2.24) is 10.6 Å². The van der Waals surface area contributed by atoms with Crippen LogP contribution in [0.2, 0.25) is 0 Å². The van der Waals surface area contributed by atoms with Gasteiger partial charge in [-0.2, -0.15) is 0 Å². The molecule has 2 aromatic carbocycles. The summed E-state index contributed by atoms with van der Waals surface area (Å²) in [6.07, 6.45) is 2.18. The van der Waals surface area contributed by atoms with E-state index in [-0.39, 0.29) is 24.4 Å². The van der Waals surface area contributed by atoms with Crippen LogP contribution in [0.3, 0.4) is 0 Å². The van der Waals surface area contributed by atoms with Crippen LogP contribution >= 0.6 is 0 Å². The van der Waals surface area contributed by atoms with Gasteiger partial charge in [0.05, 0.1) is 26.8 Å². The number of carbonyl (C=O) groups excluding carboxylic acids is 2. The van der Waals surface area contributed by atoms with Crippen molar-refractivity contribution in [3.05, 3.63) is 59.7 Å². The first-order valence-electron chi connectivity index (χ1n) is 8.96. The summed E-state index contributed by atoms with van der Waals surface area (Å²) in [5.41, 5.74) is 1.53. The van der Waals surface area contributed by atoms with Crippen molar-refractivity contribution in [1.29, 1.82) is 0 Å². The van der Waals surface area contributed by atoms with Gasteiger partial charge in [0.15, 0.2) is 0 Å². The molecule has 6 heteroatoms. The third-order valence-corrected chi connectivity index (χ3v) is 4.65. The number of rotatable bonds is 8. The maximum Gasteiger partial charge on any atom is 0.251 e. The lowest BCUT2D eigenvalue weighted by molar-refractivity contribution is -0.121. The topological polar surface area (TPSA) is 76.7 Å². The fraction of sp³-hybridized carbons (Fsp3) is 0.333. The number of hydrogen-bond acceptors (Lipinski definition) is 4. The number of benzene rings is 2. The Labute approximate surface area is 158 Å². The molecular formula is C21H24N2O4. The average molecular weight is 368 g/mol. The molecule has 0 radical (unpaired) electrons. The second kappa shape index (κ2) is 8.58. The van der Waals surface area contributed by atoms with E-state index in [0.29, 0.717) is 17.2 Å². The fourth-order valence-corrected chi connectivity index (χ4v) is 2.94. The minimum absolute atomic E-state index is 0.0405. The first-order chi connectivity index (χ1) is 13.1. The summed E-state index contributed by atoms with van der Waals surface area (Å²) in [7, 11) is 3.19. The summed E-state index contributed by atoms with van der Waals surface area (Å²) in [5.74, 6) is 1.41. The second-order valence-electron chi connectivity index (χ2n) is 6.57. The van der Waals surface area contributed by atoms with E-state index in [2.05, 4.69) is 10.6 Å². The molecule has 142 valence electrons. The van der Waals surface area contributed by atoms with E-state index in [4.69, 9.17) is 9.47 Å². The van der Waals surface area contributed by atoms with Gasteiger partial charge < -0.3 is 20.1 Å². The van der Waals surface area contributed by atoms with E-state index in [1.54, 1.807) is 38.5 Å². The largest absolute Gasteiger partial charge is 0.497 e. The molecule has 1 atom stereocenters. The molecule has 1 aliphatic rings. The molecule has 2 N–H and O–H groups in total. The zero-order valence-electron chi connectivity index (χ0n) is 15.5. The molecular weight excluding hydrogens is 344 g/mol. The monoisotopic (exact) mass is 368 g/mol. The third-order valence-electron chi connectivity index (χ3n) is 4.65. The van der Waals surface area contributed by atoms with Crippen molar-refractivity contribution in [2.24, 2.45) is 5.92 Å². The third kappa shape index (κ3) is 5.00. The summed E-state index contributed by atoms with van der Waals surface area (Å²) < 4.78 is 10.3. The molecule has 6 nitrogen and oxygen atoms in total. The Kier molecular flexibility index (Phi) is 5.96. The van der Waals surface area contributed by atoms with Gasteiger partial charge in [-0.1, -0.05) is 12.1 Å². The van der Waals surface area contributed by atoms with Crippen molar-refractivity contribution < 1.29 is 19.1 Å². The average Bonchev–Trinajstić information content (AvgIpc) is 3.55. The lowest BCUT2D eigenvalue weighted by atomic mass is 10.0. The number of amides is 2. The standard InChI is InChI=1S/C21H24N2O4/c1-26-17-9-5-15(6-10-17)20(14-3-4-14)23-19(24)13-22-21(25)16-7-11-18(27-2)12-8-16/h5-12,14,20H,3-4,13H2,1-2H3,(H,22,25)(H,23,24). The van der Waals surface area contributed by atoms with Gasteiger partial charge in [-0.05, 0) is 60.7 Å². The molecule has 0 heterocycles. The minimum Gasteiger partial charge on any atom is -0.497 e. The summed E-state index contributed by atoms with van der Waals surface area (Å²) in [6.45, 7) is -0.0652. The maximum atomic E-state index is 12.3. The van der Waals surface area contributed by atoms with Crippen LogP contribution < -0.4 is 20.1 Å². The number of nitrogens with one attached hydrogen (secondary N) is 2. The zero-order chi connectivity index (χ0) is 19.2. The van der Waals surface area contributed by atoms with Crippen LogP contribution in [0.4, 0.5) is 0 Å². The van der Waals surface area contributed by atoms with Crippen molar-refractivity contribution >= 4 is 11.8 Å². The summed E-state index contributed by atoms with van der Waals surface area (Å²) >= 11 is 0. The molecule has 2 amide bonds. The van der Waals surface area contributed by atoms with Crippen LogP contribution in [0.25, 0.3) is 0 Å². The Balaban J connectivity index is 1.55. The minimum atomic E-state index is -0.291. The van der Waals surface area contributed by atoms with Crippen LogP contribution in [0.5, 0.6) is 11.5 Å². The Morgan fingerprint density at radius 1 is 0.963 bits per heavy atom. The highest BCUT2D eigenvalue weighted by molar-refractivity contribution is 5.96. The van der Waals surface area contributed by atoms with E-state index < -0.39 is 0 Å². The molecule has 0 spiro atoms. The molecule has 0 saturated heterocycles. The van der Waals surface area contributed by atoms with E-state index in [1.165, 1.54) is 0 Å². The van der Waals surface area contributed by atoms with E-state index in [9.17, 15) is 9.59 Å². The molecule has 0 bridgehead atoms. The molecule has 1 aliphatic carbocycles. The Morgan fingerprint density at radius 2 is 1.52 bits per heavy atom. The number of ether oxygens (including phenoxy) is 2. The fourth-order valence-electron chi connectivity index (χ4n) is 2.94. The molecule has 1 unspecified atom stereocenters. The van der Waals surface area contributed by atoms with Crippen LogP contribution in [0.15, 0.2) is 48.5 Å². The van der Waals surface area contributed by atoms with E-state index in [1.807, 2.05) is 24.3 Å². The Hall–Kier alpha value is -3.02. The molecule has 27 heavy (non-hydrogen) atoms. The Morgan fingerprint density at radius 3 is 2.04 bits per heavy atom. The molecule has 1 saturated carbocycles. The van der Waals surface area contributed by atoms with Crippen LogP contribution in [0.1, 0.15) is 34.8 Å². The molecule has 0 aliphatic heterocycles. The van der Waals surface area contributed by atoms with Crippen molar-refractivity contribution in [2.75, 3.05) is 20.8 Å². The molecule has 3 rings (SSSR count). The van der Waals surface area contributed by atoms with Crippen LogP contribution in [-0.4, -0.2) is 32.6 Å². The van der Waals surface area contributed by atoms with Gasteiger partial charge >= 0.3 is 0 Å². The maximum absolute atomic E-state index is 12.3. The Bertz CT molecular complexity index is 783. The quantitative estimate of drug-likeness (QED) is 0.751. The molecule has 1 fully saturated rings. The summed E-state index contributed by atoms with van der Waals surface area (Å²) in [5, 5.41) is 5.70. The van der Waals surface area contributed by atoms with Crippen molar-refractivity contribution in [3.63, 3.8) is 0 Å². The summed E-state index contributed by atoms with van der Waals surface area (Å²) in [4.78, 5) is 24.5. The van der Waals surface area contributed by atoms with E-state index in [0.717, 1.165) is 24.2 Å². The zero-order valence-corrected chi connectivity index (χ0v) is 15.5. The highest BCUT2D eigenvalue weighted by atomic mass is 16.5. The summed E-state index contributed by atoms with van der Waals surface area (Å²) in [6, 6.07) is 14.4. The van der Waals surface area contributed by atoms with Crippen LogP contribution in [-0.2, 0) is 4.79 Å². The molecule has 2 aromatic rings. The first-order valence-corrected chi connectivity index (χ1v) is 8.96. The van der Waals surface area contributed by atoms with Crippen molar-refractivity contribution in [3.8, 4) is 11.5 Å². The van der Waals surface area contributed by atoms with Crippen molar-refractivity contribution in [2.45, 2.75) is 18.9 Å². The highest BCUT2D eigenvalue weighted by Crippen LogP contribution is 2.41. The number of carbonyl (C=O) groups is 2. The van der Waals surface area contributed by atoms with Crippen LogP contribution in [0, 0.1) is 5.92 Å². The van der Waals surface area contributed by atoms with Gasteiger partial charge in [-0.15, -0.1) is 0 Å². The number of methoxy groups -OCH3 is 2. The lowest BCUT2D eigenvalue weighted by Crippen LogP contribution is -2.39. The van der Waals surface area contributed by atoms with E-state index >= 15 is 0 Å². The predicted molar refractivity (Wildman–Crippen MR) is 102 cm³/mol. The SMILES string of the molecule is COc1ccc(C(=O)NCC(=O)NC(c2ccc(OC)cc2)C2CC2)cc1. The normalized spacial score (nSPS) is 14.1. The lowest BCUT2D eigenvalue weighted by Gasteiger charge is -2.19. The van der Waals surface area contributed by atoms with Gasteiger partial charge in [0.25, 0.3) is 5.91 Å². The first kappa shape index (κ1) is 18.8.